The maximum Gasteiger partial charge on any atom is 0.133 e. The molecule has 0 fully saturated rings. The quantitative estimate of drug-likeness (QED) is 0.824. The van der Waals surface area contributed by atoms with E-state index in [2.05, 4.69) is 43.0 Å². The summed E-state index contributed by atoms with van der Waals surface area (Å²) in [6, 6.07) is 1.97. The van der Waals surface area contributed by atoms with Crippen molar-refractivity contribution in [1.82, 2.24) is 9.97 Å². The van der Waals surface area contributed by atoms with Gasteiger partial charge in [-0.05, 0) is 20.3 Å². The van der Waals surface area contributed by atoms with Crippen LogP contribution in [0.25, 0.3) is 0 Å². The minimum absolute atomic E-state index is 0.102. The number of nitrogens with zero attached hydrogens (tertiary/aromatic N) is 2. The molecular weight excluding hydrogens is 212 g/mol. The molecule has 4 nitrogen and oxygen atoms in total. The number of hydrogen-bond acceptors (Lipinski definition) is 4. The van der Waals surface area contributed by atoms with E-state index < -0.39 is 0 Å². The number of anilines is 1. The molecule has 17 heavy (non-hydrogen) atoms. The van der Waals surface area contributed by atoms with E-state index in [4.69, 9.17) is 5.73 Å². The van der Waals surface area contributed by atoms with Crippen LogP contribution in [0.15, 0.2) is 6.07 Å². The molecule has 1 rings (SSSR count). The number of hydrogen-bond donors (Lipinski definition) is 2. The highest BCUT2D eigenvalue weighted by Gasteiger charge is 2.20. The Labute approximate surface area is 104 Å². The Kier molecular flexibility index (Phi) is 4.46. The van der Waals surface area contributed by atoms with E-state index in [1.165, 1.54) is 0 Å². The maximum atomic E-state index is 5.80. The van der Waals surface area contributed by atoms with Gasteiger partial charge in [0.25, 0.3) is 0 Å². The standard InChI is InChI=1S/C13H24N4/c1-6-13(5,8-14)17-11-7-10(4)15-12(16-11)9(2)3/h7,9H,6,8,14H2,1-5H3,(H,15,16,17). The van der Waals surface area contributed by atoms with Crippen molar-refractivity contribution in [3.8, 4) is 0 Å². The largest absolute Gasteiger partial charge is 0.364 e. The summed E-state index contributed by atoms with van der Waals surface area (Å²) >= 11 is 0. The van der Waals surface area contributed by atoms with Crippen molar-refractivity contribution in [3.63, 3.8) is 0 Å². The molecule has 1 aromatic heterocycles. The monoisotopic (exact) mass is 236 g/mol. The molecule has 0 saturated carbocycles. The molecule has 0 amide bonds. The maximum absolute atomic E-state index is 5.80. The minimum Gasteiger partial charge on any atom is -0.364 e. The number of aromatic nitrogens is 2. The van der Waals surface area contributed by atoms with Crippen LogP contribution in [0, 0.1) is 6.92 Å². The van der Waals surface area contributed by atoms with Gasteiger partial charge in [-0.25, -0.2) is 9.97 Å². The molecule has 0 bridgehead atoms. The third-order valence-electron chi connectivity index (χ3n) is 3.05. The lowest BCUT2D eigenvalue weighted by atomic mass is 9.99. The summed E-state index contributed by atoms with van der Waals surface area (Å²) in [5.74, 6) is 2.08. The fourth-order valence-corrected chi connectivity index (χ4v) is 1.51. The fourth-order valence-electron chi connectivity index (χ4n) is 1.51. The van der Waals surface area contributed by atoms with Crippen LogP contribution in [0.4, 0.5) is 5.82 Å². The summed E-state index contributed by atoms with van der Waals surface area (Å²) in [6.07, 6.45) is 0.962. The smallest absolute Gasteiger partial charge is 0.133 e. The summed E-state index contributed by atoms with van der Waals surface area (Å²) in [5, 5.41) is 3.41. The van der Waals surface area contributed by atoms with Gasteiger partial charge in [0, 0.05) is 29.8 Å². The van der Waals surface area contributed by atoms with Crippen molar-refractivity contribution in [3.05, 3.63) is 17.6 Å². The van der Waals surface area contributed by atoms with Crippen LogP contribution >= 0.6 is 0 Å². The summed E-state index contributed by atoms with van der Waals surface area (Å²) < 4.78 is 0. The van der Waals surface area contributed by atoms with E-state index in [0.717, 1.165) is 23.8 Å². The Bertz CT molecular complexity index is 370. The van der Waals surface area contributed by atoms with Crippen molar-refractivity contribution in [1.29, 1.82) is 0 Å². The first-order valence-electron chi connectivity index (χ1n) is 6.24. The highest BCUT2D eigenvalue weighted by molar-refractivity contribution is 5.39. The molecule has 96 valence electrons. The summed E-state index contributed by atoms with van der Waals surface area (Å²) in [7, 11) is 0. The van der Waals surface area contributed by atoms with E-state index in [1.807, 2.05) is 13.0 Å². The van der Waals surface area contributed by atoms with Gasteiger partial charge >= 0.3 is 0 Å². The van der Waals surface area contributed by atoms with Gasteiger partial charge in [0.05, 0.1) is 0 Å². The molecule has 1 aromatic rings. The summed E-state index contributed by atoms with van der Waals surface area (Å²) in [6.45, 7) is 11.0. The van der Waals surface area contributed by atoms with Crippen molar-refractivity contribution >= 4 is 5.82 Å². The highest BCUT2D eigenvalue weighted by Crippen LogP contribution is 2.18. The molecule has 1 atom stereocenters. The zero-order valence-corrected chi connectivity index (χ0v) is 11.5. The average Bonchev–Trinajstić information content (AvgIpc) is 2.28. The predicted molar refractivity (Wildman–Crippen MR) is 72.2 cm³/mol. The first kappa shape index (κ1) is 13.9. The van der Waals surface area contributed by atoms with E-state index in [1.54, 1.807) is 0 Å². The van der Waals surface area contributed by atoms with Crippen LogP contribution in [-0.4, -0.2) is 22.1 Å². The molecule has 0 aliphatic rings. The molecule has 0 saturated heterocycles. The second kappa shape index (κ2) is 5.45. The van der Waals surface area contributed by atoms with Crippen LogP contribution in [0.1, 0.15) is 51.6 Å². The lowest BCUT2D eigenvalue weighted by Crippen LogP contribution is -2.42. The van der Waals surface area contributed by atoms with Gasteiger partial charge in [-0.1, -0.05) is 20.8 Å². The lowest BCUT2D eigenvalue weighted by molar-refractivity contribution is 0.503. The Balaban J connectivity index is 2.98. The third kappa shape index (κ3) is 3.66. The second-order valence-corrected chi connectivity index (χ2v) is 5.15. The zero-order valence-electron chi connectivity index (χ0n) is 11.5. The molecule has 3 N–H and O–H groups in total. The number of rotatable bonds is 5. The molecule has 4 heteroatoms. The summed E-state index contributed by atoms with van der Waals surface area (Å²) in [5.41, 5.74) is 6.68. The molecular formula is C13H24N4. The highest BCUT2D eigenvalue weighted by atomic mass is 15.1. The van der Waals surface area contributed by atoms with E-state index in [0.29, 0.717) is 12.5 Å². The van der Waals surface area contributed by atoms with Crippen LogP contribution in [-0.2, 0) is 0 Å². The van der Waals surface area contributed by atoms with Crippen molar-refractivity contribution in [2.24, 2.45) is 5.73 Å². The van der Waals surface area contributed by atoms with Gasteiger partial charge in [0.15, 0.2) is 0 Å². The average molecular weight is 236 g/mol. The normalized spacial score (nSPS) is 14.8. The molecule has 0 aromatic carbocycles. The first-order chi connectivity index (χ1) is 7.90. The minimum atomic E-state index is -0.102. The Morgan fingerprint density at radius 2 is 2.06 bits per heavy atom. The van der Waals surface area contributed by atoms with Crippen molar-refractivity contribution in [2.75, 3.05) is 11.9 Å². The molecule has 1 heterocycles. The van der Waals surface area contributed by atoms with Gasteiger partial charge in [0.2, 0.25) is 0 Å². The Morgan fingerprint density at radius 3 is 2.53 bits per heavy atom. The second-order valence-electron chi connectivity index (χ2n) is 5.15. The zero-order chi connectivity index (χ0) is 13.1. The predicted octanol–water partition coefficient (Wildman–Crippen LogP) is 2.45. The number of aryl methyl sites for hydroxylation is 1. The number of nitrogens with one attached hydrogen (secondary N) is 1. The molecule has 0 spiro atoms. The van der Waals surface area contributed by atoms with Crippen LogP contribution in [0.2, 0.25) is 0 Å². The van der Waals surface area contributed by atoms with Crippen molar-refractivity contribution in [2.45, 2.75) is 52.5 Å². The fraction of sp³-hybridized carbons (Fsp3) is 0.692. The van der Waals surface area contributed by atoms with Gasteiger partial charge in [-0.3, -0.25) is 0 Å². The topological polar surface area (TPSA) is 63.8 Å². The summed E-state index contributed by atoms with van der Waals surface area (Å²) in [4.78, 5) is 8.97. The number of nitrogens with two attached hydrogens (primary N) is 1. The Hall–Kier alpha value is -1.16. The first-order valence-corrected chi connectivity index (χ1v) is 6.24. The third-order valence-corrected chi connectivity index (χ3v) is 3.05. The van der Waals surface area contributed by atoms with Crippen LogP contribution < -0.4 is 11.1 Å². The van der Waals surface area contributed by atoms with E-state index in [9.17, 15) is 0 Å². The van der Waals surface area contributed by atoms with Crippen LogP contribution in [0.3, 0.4) is 0 Å². The van der Waals surface area contributed by atoms with Gasteiger partial charge in [-0.15, -0.1) is 0 Å². The Morgan fingerprint density at radius 1 is 1.41 bits per heavy atom. The van der Waals surface area contributed by atoms with E-state index in [-0.39, 0.29) is 5.54 Å². The molecule has 0 aliphatic carbocycles. The van der Waals surface area contributed by atoms with Gasteiger partial charge < -0.3 is 11.1 Å². The van der Waals surface area contributed by atoms with Crippen LogP contribution in [0.5, 0.6) is 0 Å². The lowest BCUT2D eigenvalue weighted by Gasteiger charge is -2.28. The van der Waals surface area contributed by atoms with Gasteiger partial charge in [-0.2, -0.15) is 0 Å². The molecule has 0 radical (unpaired) electrons. The molecule has 0 aliphatic heterocycles. The van der Waals surface area contributed by atoms with Crippen molar-refractivity contribution < 1.29 is 0 Å². The van der Waals surface area contributed by atoms with Gasteiger partial charge in [0.1, 0.15) is 11.6 Å². The molecule has 1 unspecified atom stereocenters. The van der Waals surface area contributed by atoms with E-state index >= 15 is 0 Å². The SMILES string of the molecule is CCC(C)(CN)Nc1cc(C)nc(C(C)C)n1.